The van der Waals surface area contributed by atoms with Gasteiger partial charge in [-0.3, -0.25) is 9.59 Å². The van der Waals surface area contributed by atoms with Crippen LogP contribution < -0.4 is 5.32 Å². The van der Waals surface area contributed by atoms with Gasteiger partial charge in [-0.2, -0.15) is 5.26 Å². The van der Waals surface area contributed by atoms with Crippen LogP contribution >= 0.6 is 11.8 Å². The highest BCUT2D eigenvalue weighted by Gasteiger charge is 2.15. The molecule has 0 atom stereocenters. The van der Waals surface area contributed by atoms with E-state index in [1.807, 2.05) is 37.4 Å². The highest BCUT2D eigenvalue weighted by Crippen LogP contribution is 2.27. The molecular formula is C22H22N2O3S. The van der Waals surface area contributed by atoms with E-state index in [-0.39, 0.29) is 18.9 Å². The van der Waals surface area contributed by atoms with E-state index in [0.29, 0.717) is 5.69 Å². The third-order valence-electron chi connectivity index (χ3n) is 4.81. The molecule has 1 aliphatic carbocycles. The molecule has 2 aromatic carbocycles. The summed E-state index contributed by atoms with van der Waals surface area (Å²) in [5.74, 6) is -0.795. The van der Waals surface area contributed by atoms with E-state index >= 15 is 0 Å². The Bertz CT molecular complexity index is 940. The summed E-state index contributed by atoms with van der Waals surface area (Å²) in [5.41, 5.74) is 5.99. The fourth-order valence-corrected chi connectivity index (χ4v) is 4.08. The maximum atomic E-state index is 12.2. The Kier molecular flexibility index (Phi) is 6.37. The summed E-state index contributed by atoms with van der Waals surface area (Å²) < 4.78 is 5.14. The van der Waals surface area contributed by atoms with Gasteiger partial charge in [0.25, 0.3) is 5.91 Å². The minimum absolute atomic E-state index is 0.165. The second-order valence-electron chi connectivity index (χ2n) is 6.97. The maximum Gasteiger partial charge on any atom is 0.310 e. The largest absolute Gasteiger partial charge is 0.455 e. The zero-order chi connectivity index (χ0) is 20.1. The summed E-state index contributed by atoms with van der Waals surface area (Å²) in [6.07, 6.45) is 3.50. The standard InChI is InChI=1S/C22H22N2O3S/c1-14-8-19(28-13-23)9-15(2)22(14)24-20(25)12-27-21(26)11-16-6-7-17-4-3-5-18(17)10-16/h6-10H,3-5,11-12H2,1-2H3,(H,24,25). The van der Waals surface area contributed by atoms with Gasteiger partial charge in [0, 0.05) is 10.6 Å². The van der Waals surface area contributed by atoms with E-state index in [2.05, 4.69) is 17.4 Å². The molecule has 0 radical (unpaired) electrons. The third-order valence-corrected chi connectivity index (χ3v) is 5.37. The van der Waals surface area contributed by atoms with Gasteiger partial charge in [0.1, 0.15) is 5.40 Å². The fourth-order valence-electron chi connectivity index (χ4n) is 3.51. The van der Waals surface area contributed by atoms with Gasteiger partial charge in [0.15, 0.2) is 6.61 Å². The number of ether oxygens (including phenoxy) is 1. The van der Waals surface area contributed by atoms with Gasteiger partial charge in [-0.05, 0) is 84.8 Å². The second-order valence-corrected chi connectivity index (χ2v) is 7.83. The van der Waals surface area contributed by atoms with E-state index in [9.17, 15) is 9.59 Å². The molecule has 0 heterocycles. The number of carbonyl (C=O) groups excluding carboxylic acids is 2. The smallest absolute Gasteiger partial charge is 0.310 e. The predicted octanol–water partition coefficient (Wildman–Crippen LogP) is 4.09. The molecule has 1 amide bonds. The first-order valence-corrected chi connectivity index (χ1v) is 10.0. The van der Waals surface area contributed by atoms with Crippen molar-refractivity contribution in [1.82, 2.24) is 0 Å². The lowest BCUT2D eigenvalue weighted by Gasteiger charge is -2.13. The number of fused-ring (bicyclic) bond motifs is 1. The van der Waals surface area contributed by atoms with Crippen molar-refractivity contribution < 1.29 is 14.3 Å². The predicted molar refractivity (Wildman–Crippen MR) is 109 cm³/mol. The minimum atomic E-state index is -0.415. The van der Waals surface area contributed by atoms with E-state index in [0.717, 1.165) is 46.2 Å². The molecular weight excluding hydrogens is 372 g/mol. The summed E-state index contributed by atoms with van der Waals surface area (Å²) in [7, 11) is 0. The Labute approximate surface area is 169 Å². The lowest BCUT2D eigenvalue weighted by Crippen LogP contribution is -2.22. The monoisotopic (exact) mass is 394 g/mol. The van der Waals surface area contributed by atoms with Gasteiger partial charge in [-0.15, -0.1) is 0 Å². The minimum Gasteiger partial charge on any atom is -0.455 e. The highest BCUT2D eigenvalue weighted by atomic mass is 32.2. The highest BCUT2D eigenvalue weighted by molar-refractivity contribution is 8.03. The number of anilines is 1. The normalized spacial score (nSPS) is 12.2. The van der Waals surface area contributed by atoms with Crippen molar-refractivity contribution in [1.29, 1.82) is 5.26 Å². The Morgan fingerprint density at radius 3 is 2.57 bits per heavy atom. The van der Waals surface area contributed by atoms with Crippen molar-refractivity contribution in [2.24, 2.45) is 0 Å². The van der Waals surface area contributed by atoms with Crippen molar-refractivity contribution >= 4 is 29.3 Å². The maximum absolute atomic E-state index is 12.2. The number of esters is 1. The Hall–Kier alpha value is -2.78. The molecule has 1 N–H and O–H groups in total. The molecule has 144 valence electrons. The average Bonchev–Trinajstić information content (AvgIpc) is 3.11. The van der Waals surface area contributed by atoms with Crippen molar-refractivity contribution in [2.75, 3.05) is 11.9 Å². The third kappa shape index (κ3) is 4.93. The van der Waals surface area contributed by atoms with Crippen LogP contribution in [0.2, 0.25) is 0 Å². The molecule has 0 fully saturated rings. The number of rotatable bonds is 6. The molecule has 0 unspecified atom stereocenters. The van der Waals surface area contributed by atoms with Crippen LogP contribution in [-0.4, -0.2) is 18.5 Å². The average molecular weight is 394 g/mol. The molecule has 0 saturated carbocycles. The van der Waals surface area contributed by atoms with E-state index in [1.165, 1.54) is 17.5 Å². The fraction of sp³-hybridized carbons (Fsp3) is 0.318. The molecule has 0 spiro atoms. The van der Waals surface area contributed by atoms with Crippen LogP contribution in [0.3, 0.4) is 0 Å². The van der Waals surface area contributed by atoms with Crippen molar-refractivity contribution in [3.63, 3.8) is 0 Å². The van der Waals surface area contributed by atoms with E-state index in [1.54, 1.807) is 0 Å². The van der Waals surface area contributed by atoms with Crippen LogP contribution in [0.4, 0.5) is 5.69 Å². The first kappa shape index (κ1) is 20.0. The molecule has 0 saturated heterocycles. The number of hydrogen-bond acceptors (Lipinski definition) is 5. The topological polar surface area (TPSA) is 79.2 Å². The summed E-state index contributed by atoms with van der Waals surface area (Å²) >= 11 is 1.08. The molecule has 0 bridgehead atoms. The Morgan fingerprint density at radius 2 is 1.86 bits per heavy atom. The Balaban J connectivity index is 1.53. The van der Waals surface area contributed by atoms with Crippen molar-refractivity contribution in [3.8, 4) is 5.40 Å². The molecule has 1 aliphatic rings. The van der Waals surface area contributed by atoms with Gasteiger partial charge >= 0.3 is 5.97 Å². The van der Waals surface area contributed by atoms with Gasteiger partial charge in [-0.1, -0.05) is 18.2 Å². The second kappa shape index (κ2) is 8.94. The van der Waals surface area contributed by atoms with Crippen molar-refractivity contribution in [3.05, 3.63) is 58.1 Å². The van der Waals surface area contributed by atoms with Crippen LogP contribution in [0.15, 0.2) is 35.2 Å². The number of nitrogens with zero attached hydrogens (tertiary/aromatic N) is 1. The molecule has 5 nitrogen and oxygen atoms in total. The number of nitriles is 1. The van der Waals surface area contributed by atoms with Crippen LogP contribution in [0.1, 0.15) is 34.2 Å². The zero-order valence-electron chi connectivity index (χ0n) is 16.0. The molecule has 28 heavy (non-hydrogen) atoms. The van der Waals surface area contributed by atoms with Crippen LogP contribution in [0.5, 0.6) is 0 Å². The number of thiocyanates is 1. The van der Waals surface area contributed by atoms with Gasteiger partial charge in [0.2, 0.25) is 0 Å². The number of thioether (sulfide) groups is 1. The number of amides is 1. The number of hydrogen-bond donors (Lipinski definition) is 1. The molecule has 0 aromatic heterocycles. The summed E-state index contributed by atoms with van der Waals surface area (Å²) in [4.78, 5) is 25.1. The molecule has 6 heteroatoms. The van der Waals surface area contributed by atoms with Crippen molar-refractivity contribution in [2.45, 2.75) is 44.4 Å². The zero-order valence-corrected chi connectivity index (χ0v) is 16.8. The van der Waals surface area contributed by atoms with E-state index in [4.69, 9.17) is 10.00 Å². The Morgan fingerprint density at radius 1 is 1.14 bits per heavy atom. The quantitative estimate of drug-likeness (QED) is 0.453. The van der Waals surface area contributed by atoms with Crippen LogP contribution in [-0.2, 0) is 33.6 Å². The van der Waals surface area contributed by atoms with Crippen LogP contribution in [0, 0.1) is 24.5 Å². The number of carbonyl (C=O) groups is 2. The lowest BCUT2D eigenvalue weighted by atomic mass is 10.0. The number of nitrogens with one attached hydrogen (secondary N) is 1. The van der Waals surface area contributed by atoms with Crippen LogP contribution in [0.25, 0.3) is 0 Å². The summed E-state index contributed by atoms with van der Waals surface area (Å²) in [5, 5.41) is 13.6. The summed E-state index contributed by atoms with van der Waals surface area (Å²) in [6.45, 7) is 3.41. The lowest BCUT2D eigenvalue weighted by molar-refractivity contribution is -0.146. The van der Waals surface area contributed by atoms with Gasteiger partial charge in [0.05, 0.1) is 6.42 Å². The van der Waals surface area contributed by atoms with Gasteiger partial charge in [-0.25, -0.2) is 0 Å². The first-order chi connectivity index (χ1) is 13.5. The SMILES string of the molecule is Cc1cc(SC#N)cc(C)c1NC(=O)COC(=O)Cc1ccc2c(c1)CCC2. The molecule has 3 rings (SSSR count). The summed E-state index contributed by atoms with van der Waals surface area (Å²) in [6, 6.07) is 9.79. The number of aryl methyl sites for hydroxylation is 4. The molecule has 2 aromatic rings. The van der Waals surface area contributed by atoms with Gasteiger partial charge < -0.3 is 10.1 Å². The number of benzene rings is 2. The molecule has 0 aliphatic heterocycles. The first-order valence-electron chi connectivity index (χ1n) is 9.19. The van der Waals surface area contributed by atoms with E-state index < -0.39 is 5.97 Å².